The van der Waals surface area contributed by atoms with Crippen molar-refractivity contribution in [2.45, 2.75) is 31.6 Å². The number of nitrogens with zero attached hydrogens (tertiary/aromatic N) is 1. The van der Waals surface area contributed by atoms with E-state index >= 15 is 0 Å². The van der Waals surface area contributed by atoms with Crippen molar-refractivity contribution in [3.05, 3.63) is 63.7 Å². The number of anilines is 1. The number of hydrogen-bond donors (Lipinski definition) is 2. The van der Waals surface area contributed by atoms with Crippen LogP contribution in [0.15, 0.2) is 47.4 Å². The molecule has 27 heavy (non-hydrogen) atoms. The molecule has 8 nitrogen and oxygen atoms in total. The van der Waals surface area contributed by atoms with Crippen LogP contribution in [0.4, 0.5) is 11.4 Å². The lowest BCUT2D eigenvalue weighted by atomic mass is 10.1. The molecule has 144 valence electrons. The fraction of sp³-hybridized carbons (Fsp3) is 0.278. The molecule has 2 aromatic rings. The molecule has 0 radical (unpaired) electrons. The number of nitro benzene ring substituents is 1. The SMILES string of the molecule is CCNS(=O)(=O)c1ccc(CCC(=O)Nc2cc([N+](=O)[O-])ccc2C)cc1. The zero-order valence-electron chi connectivity index (χ0n) is 15.1. The molecule has 0 saturated carbocycles. The molecule has 0 atom stereocenters. The van der Waals surface area contributed by atoms with Gasteiger partial charge in [0.2, 0.25) is 15.9 Å². The summed E-state index contributed by atoms with van der Waals surface area (Å²) in [5.74, 6) is -0.275. The lowest BCUT2D eigenvalue weighted by molar-refractivity contribution is -0.384. The van der Waals surface area contributed by atoms with Gasteiger partial charge in [0.05, 0.1) is 15.5 Å². The quantitative estimate of drug-likeness (QED) is 0.530. The van der Waals surface area contributed by atoms with Gasteiger partial charge in [0.25, 0.3) is 5.69 Å². The molecule has 2 aromatic carbocycles. The Kier molecular flexibility index (Phi) is 6.65. The van der Waals surface area contributed by atoms with E-state index in [0.29, 0.717) is 18.7 Å². The molecular formula is C18H21N3O5S. The van der Waals surface area contributed by atoms with Gasteiger partial charge in [-0.2, -0.15) is 0 Å². The largest absolute Gasteiger partial charge is 0.326 e. The van der Waals surface area contributed by atoms with Crippen LogP contribution in [-0.4, -0.2) is 25.8 Å². The molecule has 0 aromatic heterocycles. The topological polar surface area (TPSA) is 118 Å². The van der Waals surface area contributed by atoms with Gasteiger partial charge in [-0.1, -0.05) is 25.1 Å². The Hall–Kier alpha value is -2.78. The number of carbonyl (C=O) groups is 1. The van der Waals surface area contributed by atoms with Gasteiger partial charge < -0.3 is 5.32 Å². The number of benzene rings is 2. The maximum absolute atomic E-state index is 12.1. The molecule has 2 N–H and O–H groups in total. The normalized spacial score (nSPS) is 11.2. The number of carbonyl (C=O) groups excluding carboxylic acids is 1. The number of hydrogen-bond acceptors (Lipinski definition) is 5. The van der Waals surface area contributed by atoms with Crippen molar-refractivity contribution in [1.29, 1.82) is 0 Å². The van der Waals surface area contributed by atoms with E-state index in [1.807, 2.05) is 0 Å². The second kappa shape index (κ2) is 8.74. The first-order valence-electron chi connectivity index (χ1n) is 8.36. The standard InChI is InChI=1S/C18H21N3O5S/c1-3-19-27(25,26)16-9-5-14(6-10-16)7-11-18(22)20-17-12-15(21(23)24)8-4-13(17)2/h4-6,8-10,12,19H,3,7,11H2,1-2H3,(H,20,22). The van der Waals surface area contributed by atoms with Gasteiger partial charge in [-0.25, -0.2) is 13.1 Å². The van der Waals surface area contributed by atoms with Crippen LogP contribution in [0.1, 0.15) is 24.5 Å². The monoisotopic (exact) mass is 391 g/mol. The average molecular weight is 391 g/mol. The van der Waals surface area contributed by atoms with Gasteiger partial charge in [-0.15, -0.1) is 0 Å². The summed E-state index contributed by atoms with van der Waals surface area (Å²) in [6.45, 7) is 3.76. The minimum absolute atomic E-state index is 0.0895. The van der Waals surface area contributed by atoms with E-state index in [2.05, 4.69) is 10.0 Å². The summed E-state index contributed by atoms with van der Waals surface area (Å²) >= 11 is 0. The van der Waals surface area contributed by atoms with Crippen LogP contribution in [0.25, 0.3) is 0 Å². The third kappa shape index (κ3) is 5.60. The molecule has 0 spiro atoms. The van der Waals surface area contributed by atoms with Gasteiger partial charge in [-0.3, -0.25) is 14.9 Å². The van der Waals surface area contributed by atoms with E-state index in [1.54, 1.807) is 32.0 Å². The van der Waals surface area contributed by atoms with Gasteiger partial charge in [0.15, 0.2) is 0 Å². The Balaban J connectivity index is 1.98. The molecule has 9 heteroatoms. The predicted molar refractivity (Wildman–Crippen MR) is 102 cm³/mol. The first kappa shape index (κ1) is 20.5. The summed E-state index contributed by atoms with van der Waals surface area (Å²) in [7, 11) is -3.50. The van der Waals surface area contributed by atoms with E-state index in [0.717, 1.165) is 11.1 Å². The van der Waals surface area contributed by atoms with Crippen molar-refractivity contribution in [1.82, 2.24) is 4.72 Å². The number of nitrogens with one attached hydrogen (secondary N) is 2. The summed E-state index contributed by atoms with van der Waals surface area (Å²) in [5, 5.41) is 13.5. The molecule has 0 aliphatic rings. The highest BCUT2D eigenvalue weighted by molar-refractivity contribution is 7.89. The Bertz CT molecular complexity index is 940. The third-order valence-corrected chi connectivity index (χ3v) is 5.48. The second-order valence-corrected chi connectivity index (χ2v) is 7.72. The maximum Gasteiger partial charge on any atom is 0.271 e. The minimum Gasteiger partial charge on any atom is -0.326 e. The van der Waals surface area contributed by atoms with E-state index in [1.165, 1.54) is 24.3 Å². The molecule has 0 heterocycles. The van der Waals surface area contributed by atoms with Crippen LogP contribution in [0.2, 0.25) is 0 Å². The second-order valence-electron chi connectivity index (χ2n) is 5.95. The molecule has 2 rings (SSSR count). The van der Waals surface area contributed by atoms with E-state index in [4.69, 9.17) is 0 Å². The predicted octanol–water partition coefficient (Wildman–Crippen LogP) is 2.77. The zero-order chi connectivity index (χ0) is 20.0. The molecule has 1 amide bonds. The van der Waals surface area contributed by atoms with E-state index in [-0.39, 0.29) is 22.9 Å². The Morgan fingerprint density at radius 2 is 1.81 bits per heavy atom. The Labute approximate surface area is 157 Å². The van der Waals surface area contributed by atoms with Gasteiger partial charge in [-0.05, 0) is 36.6 Å². The summed E-state index contributed by atoms with van der Waals surface area (Å²) in [5.41, 5.74) is 1.86. The maximum atomic E-state index is 12.1. The number of nitro groups is 1. The van der Waals surface area contributed by atoms with Crippen molar-refractivity contribution >= 4 is 27.3 Å². The highest BCUT2D eigenvalue weighted by atomic mass is 32.2. The average Bonchev–Trinajstić information content (AvgIpc) is 2.62. The van der Waals surface area contributed by atoms with Crippen molar-refractivity contribution in [3.8, 4) is 0 Å². The van der Waals surface area contributed by atoms with Crippen molar-refractivity contribution < 1.29 is 18.1 Å². The molecule has 0 bridgehead atoms. The van der Waals surface area contributed by atoms with Crippen LogP contribution in [0.3, 0.4) is 0 Å². The van der Waals surface area contributed by atoms with Gasteiger partial charge in [0, 0.05) is 25.1 Å². The van der Waals surface area contributed by atoms with Crippen molar-refractivity contribution in [2.75, 3.05) is 11.9 Å². The van der Waals surface area contributed by atoms with E-state index in [9.17, 15) is 23.3 Å². The smallest absolute Gasteiger partial charge is 0.271 e. The summed E-state index contributed by atoms with van der Waals surface area (Å²) in [6.07, 6.45) is 0.586. The number of amides is 1. The fourth-order valence-electron chi connectivity index (χ4n) is 2.44. The lowest BCUT2D eigenvalue weighted by Crippen LogP contribution is -2.23. The van der Waals surface area contributed by atoms with Gasteiger partial charge in [0.1, 0.15) is 0 Å². The van der Waals surface area contributed by atoms with Crippen LogP contribution in [0.5, 0.6) is 0 Å². The van der Waals surface area contributed by atoms with Gasteiger partial charge >= 0.3 is 0 Å². The Morgan fingerprint density at radius 1 is 1.15 bits per heavy atom. The highest BCUT2D eigenvalue weighted by Crippen LogP contribution is 2.22. The summed E-state index contributed by atoms with van der Waals surface area (Å²) < 4.78 is 26.2. The van der Waals surface area contributed by atoms with Crippen molar-refractivity contribution in [2.24, 2.45) is 0 Å². The van der Waals surface area contributed by atoms with E-state index < -0.39 is 14.9 Å². The minimum atomic E-state index is -3.50. The molecule has 0 unspecified atom stereocenters. The van der Waals surface area contributed by atoms with Crippen molar-refractivity contribution in [3.63, 3.8) is 0 Å². The molecule has 0 aliphatic carbocycles. The summed E-state index contributed by atoms with van der Waals surface area (Å²) in [4.78, 5) is 22.6. The molecule has 0 fully saturated rings. The fourth-order valence-corrected chi connectivity index (χ4v) is 3.48. The first-order chi connectivity index (χ1) is 12.7. The third-order valence-electron chi connectivity index (χ3n) is 3.91. The lowest BCUT2D eigenvalue weighted by Gasteiger charge is -2.09. The van der Waals surface area contributed by atoms with Crippen LogP contribution >= 0.6 is 0 Å². The number of sulfonamides is 1. The number of non-ortho nitro benzene ring substituents is 1. The van der Waals surface area contributed by atoms with Crippen LogP contribution in [-0.2, 0) is 21.2 Å². The first-order valence-corrected chi connectivity index (χ1v) is 9.84. The number of rotatable bonds is 8. The molecule has 0 saturated heterocycles. The van der Waals surface area contributed by atoms with Crippen LogP contribution in [0, 0.1) is 17.0 Å². The highest BCUT2D eigenvalue weighted by Gasteiger charge is 2.13. The number of aryl methyl sites for hydroxylation is 2. The van der Waals surface area contributed by atoms with Crippen LogP contribution < -0.4 is 10.0 Å². The molecular weight excluding hydrogens is 370 g/mol. The summed E-state index contributed by atoms with van der Waals surface area (Å²) in [6, 6.07) is 10.6. The molecule has 0 aliphatic heterocycles. The zero-order valence-corrected chi connectivity index (χ0v) is 15.9. The Morgan fingerprint density at radius 3 is 2.41 bits per heavy atom.